The number of piperidine rings is 1. The normalized spacial score (nSPS) is 15.9. The molecule has 1 aliphatic heterocycles. The number of rotatable bonds is 5. The van der Waals surface area contributed by atoms with Gasteiger partial charge in [-0.3, -0.25) is 9.78 Å². The number of nitrogens with zero attached hydrogens (tertiary/aromatic N) is 4. The van der Waals surface area contributed by atoms with Gasteiger partial charge in [0.25, 0.3) is 0 Å². The van der Waals surface area contributed by atoms with Crippen LogP contribution < -0.4 is 15.0 Å². The minimum Gasteiger partial charge on any atom is -0.497 e. The Balaban J connectivity index is 1.32. The number of nitrogens with one attached hydrogen (secondary N) is 1. The highest BCUT2D eigenvalue weighted by molar-refractivity contribution is 6.01. The van der Waals surface area contributed by atoms with Gasteiger partial charge in [-0.1, -0.05) is 18.2 Å². The van der Waals surface area contributed by atoms with E-state index in [1.807, 2.05) is 60.7 Å². The Labute approximate surface area is 192 Å². The van der Waals surface area contributed by atoms with E-state index in [-0.39, 0.29) is 11.8 Å². The quantitative estimate of drug-likeness (QED) is 0.491. The van der Waals surface area contributed by atoms with Gasteiger partial charge >= 0.3 is 0 Å². The predicted octanol–water partition coefficient (Wildman–Crippen LogP) is 4.56. The first-order chi connectivity index (χ1) is 16.2. The number of ether oxygens (including phenoxy) is 1. The number of hydrogen-bond acceptors (Lipinski definition) is 6. The smallest absolute Gasteiger partial charge is 0.229 e. The molecule has 7 heteroatoms. The van der Waals surface area contributed by atoms with E-state index in [1.54, 1.807) is 19.6 Å². The van der Waals surface area contributed by atoms with Crippen molar-refractivity contribution in [3.63, 3.8) is 0 Å². The summed E-state index contributed by atoms with van der Waals surface area (Å²) in [6, 6.07) is 19.5. The molecule has 1 saturated heterocycles. The van der Waals surface area contributed by atoms with Gasteiger partial charge in [0.1, 0.15) is 17.9 Å². The molecule has 0 aliphatic carbocycles. The maximum absolute atomic E-state index is 13.1. The van der Waals surface area contributed by atoms with Crippen LogP contribution in [0, 0.1) is 5.92 Å². The molecule has 2 aromatic heterocycles. The summed E-state index contributed by atoms with van der Waals surface area (Å²) in [4.78, 5) is 28.7. The van der Waals surface area contributed by atoms with Gasteiger partial charge in [-0.05, 0) is 49.2 Å². The Morgan fingerprint density at radius 1 is 1.06 bits per heavy atom. The summed E-state index contributed by atoms with van der Waals surface area (Å²) in [5, 5.41) is 4.11. The SMILES string of the molecule is COc1ccc(-c2cc(N3CCCC(C(=O)Nc4cccc5cccnc45)C3)ncn2)cc1. The first kappa shape index (κ1) is 20.9. The molecular formula is C26H25N5O2. The Morgan fingerprint density at radius 3 is 2.76 bits per heavy atom. The number of methoxy groups -OCH3 is 1. The van der Waals surface area contributed by atoms with E-state index in [0.29, 0.717) is 6.54 Å². The summed E-state index contributed by atoms with van der Waals surface area (Å²) in [5.74, 6) is 1.53. The highest BCUT2D eigenvalue weighted by Gasteiger charge is 2.27. The van der Waals surface area contributed by atoms with Crippen molar-refractivity contribution < 1.29 is 9.53 Å². The number of hydrogen-bond donors (Lipinski definition) is 1. The monoisotopic (exact) mass is 439 g/mol. The molecule has 0 spiro atoms. The lowest BCUT2D eigenvalue weighted by Gasteiger charge is -2.33. The molecule has 1 amide bonds. The van der Waals surface area contributed by atoms with E-state index >= 15 is 0 Å². The van der Waals surface area contributed by atoms with Gasteiger partial charge in [-0.15, -0.1) is 0 Å². The molecule has 0 bridgehead atoms. The molecule has 4 aromatic rings. The second-order valence-corrected chi connectivity index (χ2v) is 8.15. The maximum Gasteiger partial charge on any atom is 0.229 e. The number of amides is 1. The van der Waals surface area contributed by atoms with E-state index in [0.717, 1.165) is 58.8 Å². The minimum atomic E-state index is -0.128. The van der Waals surface area contributed by atoms with Gasteiger partial charge < -0.3 is 15.0 Å². The first-order valence-corrected chi connectivity index (χ1v) is 11.1. The van der Waals surface area contributed by atoms with Gasteiger partial charge in [-0.25, -0.2) is 9.97 Å². The average molecular weight is 440 g/mol. The molecule has 5 rings (SSSR count). The third-order valence-corrected chi connectivity index (χ3v) is 6.05. The third kappa shape index (κ3) is 4.48. The van der Waals surface area contributed by atoms with E-state index in [9.17, 15) is 4.79 Å². The maximum atomic E-state index is 13.1. The molecule has 1 unspecified atom stereocenters. The molecule has 1 N–H and O–H groups in total. The Kier molecular flexibility index (Phi) is 5.85. The summed E-state index contributed by atoms with van der Waals surface area (Å²) < 4.78 is 5.24. The number of aromatic nitrogens is 3. The van der Waals surface area contributed by atoms with Gasteiger partial charge in [0.15, 0.2) is 0 Å². The number of benzene rings is 2. The lowest BCUT2D eigenvalue weighted by molar-refractivity contribution is -0.120. The molecule has 7 nitrogen and oxygen atoms in total. The fourth-order valence-electron chi connectivity index (χ4n) is 4.28. The molecule has 1 atom stereocenters. The molecule has 33 heavy (non-hydrogen) atoms. The van der Waals surface area contributed by atoms with Crippen LogP contribution in [0.2, 0.25) is 0 Å². The summed E-state index contributed by atoms with van der Waals surface area (Å²) in [5.41, 5.74) is 3.39. The number of fused-ring (bicyclic) bond motifs is 1. The summed E-state index contributed by atoms with van der Waals surface area (Å²) in [7, 11) is 1.65. The minimum absolute atomic E-state index is 0.0160. The zero-order valence-electron chi connectivity index (χ0n) is 18.4. The molecular weight excluding hydrogens is 414 g/mol. The van der Waals surface area contributed by atoms with Crippen molar-refractivity contribution in [1.29, 1.82) is 0 Å². The largest absolute Gasteiger partial charge is 0.497 e. The van der Waals surface area contributed by atoms with Crippen molar-refractivity contribution >= 4 is 28.3 Å². The topological polar surface area (TPSA) is 80.2 Å². The van der Waals surface area contributed by atoms with Crippen LogP contribution in [0.25, 0.3) is 22.2 Å². The van der Waals surface area contributed by atoms with Crippen LogP contribution in [0.15, 0.2) is 73.2 Å². The molecule has 1 aliphatic rings. The van der Waals surface area contributed by atoms with E-state index in [2.05, 4.69) is 25.2 Å². The molecule has 1 fully saturated rings. The third-order valence-electron chi connectivity index (χ3n) is 6.05. The molecule has 3 heterocycles. The van der Waals surface area contributed by atoms with Gasteiger partial charge in [0, 0.05) is 36.3 Å². The lowest BCUT2D eigenvalue weighted by atomic mass is 9.96. The number of pyridine rings is 1. The lowest BCUT2D eigenvalue weighted by Crippen LogP contribution is -2.41. The van der Waals surface area contributed by atoms with Crippen LogP contribution in [-0.2, 0) is 4.79 Å². The number of para-hydroxylation sites is 1. The summed E-state index contributed by atoms with van der Waals surface area (Å²) in [6.07, 6.45) is 5.10. The Bertz CT molecular complexity index is 1270. The zero-order chi connectivity index (χ0) is 22.6. The van der Waals surface area contributed by atoms with Gasteiger partial charge in [0.2, 0.25) is 5.91 Å². The fraction of sp³-hybridized carbons (Fsp3) is 0.231. The van der Waals surface area contributed by atoms with Crippen molar-refractivity contribution in [2.24, 2.45) is 5.92 Å². The van der Waals surface area contributed by atoms with Crippen molar-refractivity contribution in [3.05, 3.63) is 73.2 Å². The van der Waals surface area contributed by atoms with Crippen LogP contribution in [0.1, 0.15) is 12.8 Å². The fourth-order valence-corrected chi connectivity index (χ4v) is 4.28. The second kappa shape index (κ2) is 9.24. The van der Waals surface area contributed by atoms with E-state index in [1.165, 1.54) is 0 Å². The van der Waals surface area contributed by atoms with Crippen LogP contribution >= 0.6 is 0 Å². The molecule has 0 saturated carbocycles. The number of anilines is 2. The zero-order valence-corrected chi connectivity index (χ0v) is 18.4. The Hall–Kier alpha value is -4.00. The van der Waals surface area contributed by atoms with Crippen LogP contribution in [0.4, 0.5) is 11.5 Å². The van der Waals surface area contributed by atoms with Gasteiger partial charge in [0.05, 0.1) is 29.9 Å². The molecule has 2 aromatic carbocycles. The first-order valence-electron chi connectivity index (χ1n) is 11.1. The predicted molar refractivity (Wildman–Crippen MR) is 129 cm³/mol. The van der Waals surface area contributed by atoms with Gasteiger partial charge in [-0.2, -0.15) is 0 Å². The average Bonchev–Trinajstić information content (AvgIpc) is 2.89. The van der Waals surface area contributed by atoms with E-state index < -0.39 is 0 Å². The second-order valence-electron chi connectivity index (χ2n) is 8.15. The number of carbonyl (C=O) groups is 1. The highest BCUT2D eigenvalue weighted by atomic mass is 16.5. The van der Waals surface area contributed by atoms with Crippen LogP contribution in [0.5, 0.6) is 5.75 Å². The Morgan fingerprint density at radius 2 is 1.91 bits per heavy atom. The van der Waals surface area contributed by atoms with Crippen LogP contribution in [-0.4, -0.2) is 41.1 Å². The highest BCUT2D eigenvalue weighted by Crippen LogP contribution is 2.28. The number of carbonyl (C=O) groups excluding carboxylic acids is 1. The summed E-state index contributed by atoms with van der Waals surface area (Å²) in [6.45, 7) is 1.47. The van der Waals surface area contributed by atoms with Crippen LogP contribution in [0.3, 0.4) is 0 Å². The van der Waals surface area contributed by atoms with E-state index in [4.69, 9.17) is 4.74 Å². The van der Waals surface area contributed by atoms with Crippen molar-refractivity contribution in [3.8, 4) is 17.0 Å². The molecule has 0 radical (unpaired) electrons. The van der Waals surface area contributed by atoms with Crippen molar-refractivity contribution in [1.82, 2.24) is 15.0 Å². The molecule has 166 valence electrons. The van der Waals surface area contributed by atoms with Crippen molar-refractivity contribution in [2.45, 2.75) is 12.8 Å². The summed E-state index contributed by atoms with van der Waals surface area (Å²) >= 11 is 0. The standard InChI is InChI=1S/C26H25N5O2/c1-33-21-11-9-18(10-12-21)23-15-24(29-17-28-23)31-14-4-7-20(16-31)26(32)30-22-8-2-5-19-6-3-13-27-25(19)22/h2-3,5-6,8-13,15,17,20H,4,7,14,16H2,1H3,(H,30,32). The van der Waals surface area contributed by atoms with Crippen molar-refractivity contribution in [2.75, 3.05) is 30.4 Å².